The Morgan fingerprint density at radius 2 is 1.83 bits per heavy atom. The van der Waals surface area contributed by atoms with Crippen molar-refractivity contribution in [2.24, 2.45) is 5.73 Å². The van der Waals surface area contributed by atoms with Crippen LogP contribution < -0.4 is 10.5 Å². The van der Waals surface area contributed by atoms with E-state index >= 15 is 0 Å². The van der Waals surface area contributed by atoms with E-state index in [9.17, 15) is 5.11 Å². The minimum absolute atomic E-state index is 0.00935. The number of nitrogens with two attached hydrogens (primary N) is 1. The highest BCUT2D eigenvalue weighted by atomic mass is 16.5. The molecule has 118 valence electrons. The summed E-state index contributed by atoms with van der Waals surface area (Å²) in [5.74, 6) is 1.07. The van der Waals surface area contributed by atoms with Crippen LogP contribution in [0.3, 0.4) is 0 Å². The maximum absolute atomic E-state index is 9.42. The van der Waals surface area contributed by atoms with Gasteiger partial charge in [-0.2, -0.15) is 5.10 Å². The van der Waals surface area contributed by atoms with Crippen molar-refractivity contribution < 1.29 is 9.84 Å². The molecule has 1 atom stereocenters. The number of H-pyrrole nitrogens is 1. The third-order valence-corrected chi connectivity index (χ3v) is 3.89. The van der Waals surface area contributed by atoms with Crippen molar-refractivity contribution in [1.82, 2.24) is 10.2 Å². The van der Waals surface area contributed by atoms with Crippen LogP contribution in [-0.4, -0.2) is 29.0 Å². The van der Waals surface area contributed by atoms with Gasteiger partial charge < -0.3 is 15.6 Å². The van der Waals surface area contributed by atoms with Crippen LogP contribution in [0.5, 0.6) is 11.5 Å². The second-order valence-electron chi connectivity index (χ2n) is 5.32. The van der Waals surface area contributed by atoms with Gasteiger partial charge in [-0.15, -0.1) is 0 Å². The molecule has 0 aliphatic heterocycles. The predicted molar refractivity (Wildman–Crippen MR) is 89.6 cm³/mol. The number of hydrogen-bond acceptors (Lipinski definition) is 4. The van der Waals surface area contributed by atoms with Gasteiger partial charge in [-0.25, -0.2) is 0 Å². The first-order valence-electron chi connectivity index (χ1n) is 7.40. The van der Waals surface area contributed by atoms with Gasteiger partial charge in [0.1, 0.15) is 11.5 Å². The average Bonchev–Trinajstić information content (AvgIpc) is 3.07. The Kier molecular flexibility index (Phi) is 4.30. The standard InChI is InChI=1S/C18H19N3O2/c1-23-15-8-4-13(5-9-15)17-10-18(21-20-17)16(11-19)12-2-6-14(22)7-3-12/h2-10,16,22H,11,19H2,1H3,(H,20,21). The number of nitrogens with zero attached hydrogens (tertiary/aromatic N) is 1. The van der Waals surface area contributed by atoms with Gasteiger partial charge in [-0.1, -0.05) is 12.1 Å². The quantitative estimate of drug-likeness (QED) is 0.676. The smallest absolute Gasteiger partial charge is 0.118 e. The highest BCUT2D eigenvalue weighted by molar-refractivity contribution is 5.60. The molecule has 1 unspecified atom stereocenters. The highest BCUT2D eigenvalue weighted by Crippen LogP contribution is 2.27. The molecule has 0 saturated heterocycles. The number of aromatic nitrogens is 2. The Balaban J connectivity index is 1.88. The normalized spacial score (nSPS) is 12.1. The zero-order valence-corrected chi connectivity index (χ0v) is 12.9. The molecule has 3 aromatic rings. The first kappa shape index (κ1) is 15.1. The van der Waals surface area contributed by atoms with Crippen molar-refractivity contribution in [2.45, 2.75) is 5.92 Å². The van der Waals surface area contributed by atoms with E-state index < -0.39 is 0 Å². The summed E-state index contributed by atoms with van der Waals surface area (Å²) in [5.41, 5.74) is 9.79. The minimum atomic E-state index is 0.00935. The molecule has 1 heterocycles. The number of benzene rings is 2. The number of ether oxygens (including phenoxy) is 1. The Morgan fingerprint density at radius 1 is 1.13 bits per heavy atom. The fraction of sp³-hybridized carbons (Fsp3) is 0.167. The average molecular weight is 309 g/mol. The lowest BCUT2D eigenvalue weighted by Crippen LogP contribution is -2.14. The first-order valence-corrected chi connectivity index (χ1v) is 7.40. The highest BCUT2D eigenvalue weighted by Gasteiger charge is 2.16. The summed E-state index contributed by atoms with van der Waals surface area (Å²) in [6, 6.07) is 16.8. The number of nitrogens with one attached hydrogen (secondary N) is 1. The summed E-state index contributed by atoms with van der Waals surface area (Å²) >= 11 is 0. The van der Waals surface area contributed by atoms with Crippen molar-refractivity contribution >= 4 is 0 Å². The maximum atomic E-state index is 9.42. The van der Waals surface area contributed by atoms with Crippen molar-refractivity contribution in [3.8, 4) is 22.8 Å². The molecule has 0 fully saturated rings. The summed E-state index contributed by atoms with van der Waals surface area (Å²) in [5, 5.41) is 16.9. The van der Waals surface area contributed by atoms with E-state index in [1.807, 2.05) is 42.5 Å². The van der Waals surface area contributed by atoms with Gasteiger partial charge in [0, 0.05) is 23.7 Å². The van der Waals surface area contributed by atoms with Gasteiger partial charge in [0.25, 0.3) is 0 Å². The second kappa shape index (κ2) is 6.54. The molecule has 2 aromatic carbocycles. The van der Waals surface area contributed by atoms with Gasteiger partial charge >= 0.3 is 0 Å². The lowest BCUT2D eigenvalue weighted by molar-refractivity contribution is 0.415. The number of phenols is 1. The molecular formula is C18H19N3O2. The van der Waals surface area contributed by atoms with Crippen molar-refractivity contribution in [3.63, 3.8) is 0 Å². The molecule has 0 radical (unpaired) electrons. The summed E-state index contributed by atoms with van der Waals surface area (Å²) in [4.78, 5) is 0. The lowest BCUT2D eigenvalue weighted by atomic mass is 9.95. The lowest BCUT2D eigenvalue weighted by Gasteiger charge is -2.13. The molecule has 23 heavy (non-hydrogen) atoms. The van der Waals surface area contributed by atoms with E-state index in [0.29, 0.717) is 6.54 Å². The van der Waals surface area contributed by atoms with Crippen LogP contribution in [0, 0.1) is 0 Å². The molecule has 0 bridgehead atoms. The number of rotatable bonds is 5. The monoisotopic (exact) mass is 309 g/mol. The van der Waals surface area contributed by atoms with Gasteiger partial charge in [0.2, 0.25) is 0 Å². The molecule has 0 aliphatic rings. The van der Waals surface area contributed by atoms with Crippen LogP contribution in [0.15, 0.2) is 54.6 Å². The first-order chi connectivity index (χ1) is 11.2. The number of aromatic amines is 1. The molecular weight excluding hydrogens is 290 g/mol. The van der Waals surface area contributed by atoms with Gasteiger partial charge in [-0.05, 0) is 48.0 Å². The van der Waals surface area contributed by atoms with E-state index in [4.69, 9.17) is 10.5 Å². The molecule has 3 rings (SSSR count). The second-order valence-corrected chi connectivity index (χ2v) is 5.32. The van der Waals surface area contributed by atoms with Crippen LogP contribution >= 0.6 is 0 Å². The maximum Gasteiger partial charge on any atom is 0.118 e. The number of phenolic OH excluding ortho intramolecular Hbond substituents is 1. The third kappa shape index (κ3) is 3.19. The Morgan fingerprint density at radius 3 is 2.43 bits per heavy atom. The molecule has 1 aromatic heterocycles. The Hall–Kier alpha value is -2.79. The molecule has 0 amide bonds. The largest absolute Gasteiger partial charge is 0.508 e. The number of hydrogen-bond donors (Lipinski definition) is 3. The molecule has 4 N–H and O–H groups in total. The topological polar surface area (TPSA) is 84.2 Å². The van der Waals surface area contributed by atoms with Crippen molar-refractivity contribution in [2.75, 3.05) is 13.7 Å². The Labute approximate surface area is 134 Å². The summed E-state index contributed by atoms with van der Waals surface area (Å²) in [7, 11) is 1.64. The minimum Gasteiger partial charge on any atom is -0.508 e. The van der Waals surface area contributed by atoms with Gasteiger partial charge in [0.05, 0.1) is 12.8 Å². The van der Waals surface area contributed by atoms with Crippen LogP contribution in [0.4, 0.5) is 0 Å². The zero-order chi connectivity index (χ0) is 16.2. The third-order valence-electron chi connectivity index (χ3n) is 3.89. The van der Waals surface area contributed by atoms with E-state index in [1.165, 1.54) is 0 Å². The van der Waals surface area contributed by atoms with E-state index in [1.54, 1.807) is 19.2 Å². The zero-order valence-electron chi connectivity index (χ0n) is 12.9. The van der Waals surface area contributed by atoms with Crippen LogP contribution in [0.1, 0.15) is 17.2 Å². The molecule has 5 heteroatoms. The number of aromatic hydroxyl groups is 1. The molecule has 0 aliphatic carbocycles. The van der Waals surface area contributed by atoms with E-state index in [0.717, 1.165) is 28.3 Å². The SMILES string of the molecule is COc1ccc(-c2cc(C(CN)c3ccc(O)cc3)[nH]n2)cc1. The van der Waals surface area contributed by atoms with E-state index in [-0.39, 0.29) is 11.7 Å². The summed E-state index contributed by atoms with van der Waals surface area (Å²) in [6.07, 6.45) is 0. The van der Waals surface area contributed by atoms with Gasteiger partial charge in [0.15, 0.2) is 0 Å². The van der Waals surface area contributed by atoms with Crippen LogP contribution in [-0.2, 0) is 0 Å². The number of methoxy groups -OCH3 is 1. The fourth-order valence-corrected chi connectivity index (χ4v) is 2.57. The molecule has 5 nitrogen and oxygen atoms in total. The van der Waals surface area contributed by atoms with E-state index in [2.05, 4.69) is 10.2 Å². The summed E-state index contributed by atoms with van der Waals surface area (Å²) in [6.45, 7) is 0.453. The van der Waals surface area contributed by atoms with Crippen molar-refractivity contribution in [1.29, 1.82) is 0 Å². The van der Waals surface area contributed by atoms with Gasteiger partial charge in [-0.3, -0.25) is 5.10 Å². The van der Waals surface area contributed by atoms with Crippen LogP contribution in [0.25, 0.3) is 11.3 Å². The Bertz CT molecular complexity index is 764. The molecule has 0 saturated carbocycles. The van der Waals surface area contributed by atoms with Crippen LogP contribution in [0.2, 0.25) is 0 Å². The fourth-order valence-electron chi connectivity index (χ4n) is 2.57. The summed E-state index contributed by atoms with van der Waals surface area (Å²) < 4.78 is 5.17. The molecule has 0 spiro atoms. The van der Waals surface area contributed by atoms with Crippen molar-refractivity contribution in [3.05, 3.63) is 65.9 Å². The predicted octanol–water partition coefficient (Wildman–Crippen LogP) is 2.88.